The Morgan fingerprint density at radius 2 is 2.12 bits per heavy atom. The Kier molecular flexibility index (Phi) is 6.05. The molecular weight excluding hydrogens is 280 g/mol. The van der Waals surface area contributed by atoms with E-state index in [0.29, 0.717) is 15.7 Å². The molecule has 0 aromatic heterocycles. The highest BCUT2D eigenvalue weighted by atomic mass is 79.9. The largest absolute Gasteiger partial charge is 0.398 e. The molecule has 4 heteroatoms. The molecular formula is C13H19BrN2O. The van der Waals surface area contributed by atoms with E-state index in [1.807, 2.05) is 0 Å². The van der Waals surface area contributed by atoms with Crippen LogP contribution >= 0.6 is 15.9 Å². The number of benzene rings is 1. The third-order valence-corrected chi connectivity index (χ3v) is 3.47. The summed E-state index contributed by atoms with van der Waals surface area (Å²) < 4.78 is 0.672. The van der Waals surface area contributed by atoms with Crippen LogP contribution in [0.5, 0.6) is 0 Å². The monoisotopic (exact) mass is 298 g/mol. The number of carbonyl (C=O) groups excluding carboxylic acids is 1. The van der Waals surface area contributed by atoms with Crippen LogP contribution in [0.4, 0.5) is 5.69 Å². The first-order valence-electron chi connectivity index (χ1n) is 5.99. The number of nitrogens with one attached hydrogen (secondary N) is 1. The minimum atomic E-state index is -0.0688. The Bertz CT molecular complexity index is 380. The molecule has 0 aliphatic carbocycles. The van der Waals surface area contributed by atoms with Crippen molar-refractivity contribution in [3.8, 4) is 0 Å². The zero-order valence-electron chi connectivity index (χ0n) is 10.1. The summed E-state index contributed by atoms with van der Waals surface area (Å²) in [6, 6.07) is 5.32. The van der Waals surface area contributed by atoms with Gasteiger partial charge in [0.05, 0.1) is 10.0 Å². The van der Waals surface area contributed by atoms with Crippen molar-refractivity contribution < 1.29 is 4.79 Å². The number of hydrogen-bond acceptors (Lipinski definition) is 2. The lowest BCUT2D eigenvalue weighted by Gasteiger charge is -2.08. The van der Waals surface area contributed by atoms with Crippen LogP contribution in [0.25, 0.3) is 0 Å². The Hall–Kier alpha value is -1.03. The van der Waals surface area contributed by atoms with Gasteiger partial charge in [-0.1, -0.05) is 32.3 Å². The number of hydrogen-bond donors (Lipinski definition) is 2. The summed E-state index contributed by atoms with van der Waals surface area (Å²) in [4.78, 5) is 11.9. The van der Waals surface area contributed by atoms with Gasteiger partial charge in [-0.05, 0) is 34.5 Å². The molecule has 0 saturated carbocycles. The number of unbranched alkanes of at least 4 members (excludes halogenated alkanes) is 3. The van der Waals surface area contributed by atoms with Crippen LogP contribution in [0.2, 0.25) is 0 Å². The van der Waals surface area contributed by atoms with Crippen LogP contribution in [0.1, 0.15) is 43.0 Å². The molecule has 0 aliphatic rings. The predicted molar refractivity (Wildman–Crippen MR) is 75.0 cm³/mol. The molecule has 1 aromatic carbocycles. The first-order chi connectivity index (χ1) is 8.16. The summed E-state index contributed by atoms with van der Waals surface area (Å²) in [6.07, 6.45) is 4.61. The lowest BCUT2D eigenvalue weighted by Crippen LogP contribution is -2.24. The number of carbonyl (C=O) groups is 1. The molecule has 0 unspecified atom stereocenters. The number of nitrogen functional groups attached to an aromatic ring is 1. The maximum absolute atomic E-state index is 11.9. The number of anilines is 1. The third kappa shape index (κ3) is 4.38. The van der Waals surface area contributed by atoms with Gasteiger partial charge in [-0.25, -0.2) is 0 Å². The molecule has 0 bridgehead atoms. The molecule has 0 spiro atoms. The second-order valence-corrected chi connectivity index (χ2v) is 4.82. The van der Waals surface area contributed by atoms with Crippen LogP contribution in [0, 0.1) is 0 Å². The molecule has 94 valence electrons. The molecule has 0 atom stereocenters. The SMILES string of the molecule is CCCCCCNC(=O)c1cccc(N)c1Br. The van der Waals surface area contributed by atoms with Gasteiger partial charge in [-0.3, -0.25) is 4.79 Å². The average Bonchev–Trinajstić information content (AvgIpc) is 2.32. The number of halogens is 1. The minimum absolute atomic E-state index is 0.0688. The van der Waals surface area contributed by atoms with Gasteiger partial charge in [0.2, 0.25) is 0 Å². The van der Waals surface area contributed by atoms with Crippen LogP contribution in [-0.4, -0.2) is 12.5 Å². The molecule has 3 N–H and O–H groups in total. The van der Waals surface area contributed by atoms with Crippen molar-refractivity contribution in [3.63, 3.8) is 0 Å². The fraction of sp³-hybridized carbons (Fsp3) is 0.462. The smallest absolute Gasteiger partial charge is 0.252 e. The molecule has 3 nitrogen and oxygen atoms in total. The summed E-state index contributed by atoms with van der Waals surface area (Å²) in [7, 11) is 0. The highest BCUT2D eigenvalue weighted by Crippen LogP contribution is 2.23. The fourth-order valence-electron chi connectivity index (χ4n) is 1.57. The van der Waals surface area contributed by atoms with Gasteiger partial charge in [-0.2, -0.15) is 0 Å². The van der Waals surface area contributed by atoms with Gasteiger partial charge in [0.15, 0.2) is 0 Å². The second kappa shape index (κ2) is 7.33. The molecule has 0 heterocycles. The highest BCUT2D eigenvalue weighted by molar-refractivity contribution is 9.10. The molecule has 17 heavy (non-hydrogen) atoms. The molecule has 0 aliphatic heterocycles. The van der Waals surface area contributed by atoms with Gasteiger partial charge in [0, 0.05) is 12.2 Å². The van der Waals surface area contributed by atoms with Crippen LogP contribution in [0.15, 0.2) is 22.7 Å². The molecule has 0 radical (unpaired) electrons. The highest BCUT2D eigenvalue weighted by Gasteiger charge is 2.10. The predicted octanol–water partition coefficient (Wildman–Crippen LogP) is 3.34. The topological polar surface area (TPSA) is 55.1 Å². The van der Waals surface area contributed by atoms with Gasteiger partial charge in [0.1, 0.15) is 0 Å². The van der Waals surface area contributed by atoms with E-state index in [-0.39, 0.29) is 5.91 Å². The Labute approximate surface area is 111 Å². The first-order valence-corrected chi connectivity index (χ1v) is 6.78. The van der Waals surface area contributed by atoms with E-state index < -0.39 is 0 Å². The number of rotatable bonds is 6. The zero-order chi connectivity index (χ0) is 12.7. The normalized spacial score (nSPS) is 10.2. The van der Waals surface area contributed by atoms with Crippen LogP contribution < -0.4 is 11.1 Å². The van der Waals surface area contributed by atoms with Gasteiger partial charge >= 0.3 is 0 Å². The van der Waals surface area contributed by atoms with Crippen molar-refractivity contribution in [1.82, 2.24) is 5.32 Å². The summed E-state index contributed by atoms with van der Waals surface area (Å²) in [6.45, 7) is 2.89. The van der Waals surface area contributed by atoms with Crippen molar-refractivity contribution >= 4 is 27.5 Å². The van der Waals surface area contributed by atoms with Crippen molar-refractivity contribution in [1.29, 1.82) is 0 Å². The maximum atomic E-state index is 11.9. The number of amides is 1. The minimum Gasteiger partial charge on any atom is -0.398 e. The van der Waals surface area contributed by atoms with E-state index in [2.05, 4.69) is 28.2 Å². The maximum Gasteiger partial charge on any atom is 0.252 e. The van der Waals surface area contributed by atoms with Gasteiger partial charge in [-0.15, -0.1) is 0 Å². The van der Waals surface area contributed by atoms with Gasteiger partial charge < -0.3 is 11.1 Å². The van der Waals surface area contributed by atoms with E-state index in [0.717, 1.165) is 19.4 Å². The van der Waals surface area contributed by atoms with E-state index in [4.69, 9.17) is 5.73 Å². The van der Waals surface area contributed by atoms with E-state index in [1.54, 1.807) is 18.2 Å². The van der Waals surface area contributed by atoms with Crippen molar-refractivity contribution in [2.24, 2.45) is 0 Å². The Balaban J connectivity index is 2.44. The molecule has 0 fully saturated rings. The fourth-order valence-corrected chi connectivity index (χ4v) is 2.02. The summed E-state index contributed by atoms with van der Waals surface area (Å²) in [5.41, 5.74) is 6.91. The van der Waals surface area contributed by atoms with E-state index in [9.17, 15) is 4.79 Å². The molecule has 1 aromatic rings. The molecule has 1 amide bonds. The summed E-state index contributed by atoms with van der Waals surface area (Å²) in [5, 5.41) is 2.90. The first kappa shape index (κ1) is 14.0. The lowest BCUT2D eigenvalue weighted by molar-refractivity contribution is 0.0952. The summed E-state index contributed by atoms with van der Waals surface area (Å²) >= 11 is 3.33. The van der Waals surface area contributed by atoms with Crippen molar-refractivity contribution in [3.05, 3.63) is 28.2 Å². The Morgan fingerprint density at radius 1 is 1.35 bits per heavy atom. The summed E-state index contributed by atoms with van der Waals surface area (Å²) in [5.74, 6) is -0.0688. The van der Waals surface area contributed by atoms with Crippen LogP contribution in [-0.2, 0) is 0 Å². The Morgan fingerprint density at radius 3 is 2.82 bits per heavy atom. The quantitative estimate of drug-likeness (QED) is 0.625. The average molecular weight is 299 g/mol. The lowest BCUT2D eigenvalue weighted by atomic mass is 10.1. The van der Waals surface area contributed by atoms with E-state index in [1.165, 1.54) is 12.8 Å². The molecule has 1 rings (SSSR count). The van der Waals surface area contributed by atoms with Gasteiger partial charge in [0.25, 0.3) is 5.91 Å². The van der Waals surface area contributed by atoms with Crippen molar-refractivity contribution in [2.75, 3.05) is 12.3 Å². The number of nitrogens with two attached hydrogens (primary N) is 1. The third-order valence-electron chi connectivity index (χ3n) is 2.59. The zero-order valence-corrected chi connectivity index (χ0v) is 11.7. The molecule has 0 saturated heterocycles. The standard InChI is InChI=1S/C13H19BrN2O/c1-2-3-4-5-9-16-13(17)10-7-6-8-11(15)12(10)14/h6-8H,2-5,9,15H2,1H3,(H,16,17). The second-order valence-electron chi connectivity index (χ2n) is 4.03. The van der Waals surface area contributed by atoms with Crippen LogP contribution in [0.3, 0.4) is 0 Å². The van der Waals surface area contributed by atoms with E-state index >= 15 is 0 Å². The van der Waals surface area contributed by atoms with Crippen molar-refractivity contribution in [2.45, 2.75) is 32.6 Å².